The van der Waals surface area contributed by atoms with Gasteiger partial charge in [0.1, 0.15) is 0 Å². The van der Waals surface area contributed by atoms with E-state index in [-0.39, 0.29) is 0 Å². The molecule has 0 bridgehead atoms. The smallest absolute Gasteiger partial charge is 0.0434 e. The lowest BCUT2D eigenvalue weighted by atomic mass is 9.99. The molecule has 4 aromatic rings. The summed E-state index contributed by atoms with van der Waals surface area (Å²) in [4.78, 5) is 0. The largest absolute Gasteiger partial charge is 0.160 e. The van der Waals surface area contributed by atoms with Gasteiger partial charge in [0, 0.05) is 58.1 Å². The van der Waals surface area contributed by atoms with E-state index >= 15 is 0 Å². The van der Waals surface area contributed by atoms with Gasteiger partial charge in [-0.15, -0.1) is 23.5 Å². The summed E-state index contributed by atoms with van der Waals surface area (Å²) >= 11 is 4.13. The molecule has 0 saturated carbocycles. The summed E-state index contributed by atoms with van der Waals surface area (Å²) < 4.78 is 0. The van der Waals surface area contributed by atoms with Gasteiger partial charge in [-0.05, 0) is 22.3 Å². The fraction of sp³-hybridized carbons (Fsp3) is 0.235. The van der Waals surface area contributed by atoms with Crippen LogP contribution in [-0.2, 0) is 0 Å². The molecule has 2 nitrogen and oxygen atoms in total. The highest BCUT2D eigenvalue weighted by Crippen LogP contribution is 2.50. The molecule has 0 aromatic heterocycles. The van der Waals surface area contributed by atoms with Gasteiger partial charge < -0.3 is 0 Å². The van der Waals surface area contributed by atoms with Crippen molar-refractivity contribution in [3.8, 4) is 0 Å². The summed E-state index contributed by atoms with van der Waals surface area (Å²) in [5, 5.41) is 11.6. The van der Waals surface area contributed by atoms with Crippen LogP contribution in [-0.4, -0.2) is 11.4 Å². The standard InChI is InChI=1S/C34H32N2S2/c1-5-13-25(14-6-1)31-21-29(22-32(37-31)26-15-7-2-8-16-26)35-36-30-23-33(27-17-9-3-10-18-27)38-34(24-30)28-19-11-4-12-20-28/h1-20,31-34H,21-24H2/t31-,32+,33-,34+. The summed E-state index contributed by atoms with van der Waals surface area (Å²) in [6.45, 7) is 0. The lowest BCUT2D eigenvalue weighted by Crippen LogP contribution is -2.18. The second-order valence-corrected chi connectivity index (χ2v) is 12.8. The minimum atomic E-state index is 0.394. The van der Waals surface area contributed by atoms with E-state index < -0.39 is 0 Å². The Hall–Kier alpha value is -3.08. The van der Waals surface area contributed by atoms with Crippen molar-refractivity contribution in [2.24, 2.45) is 10.2 Å². The van der Waals surface area contributed by atoms with Crippen molar-refractivity contribution < 1.29 is 0 Å². The van der Waals surface area contributed by atoms with Gasteiger partial charge in [-0.1, -0.05) is 121 Å². The highest BCUT2D eigenvalue weighted by atomic mass is 32.2. The van der Waals surface area contributed by atoms with Gasteiger partial charge in [0.15, 0.2) is 0 Å². The van der Waals surface area contributed by atoms with E-state index in [1.54, 1.807) is 0 Å². The summed E-state index contributed by atoms with van der Waals surface area (Å²) in [5.74, 6) is 0. The Bertz CT molecular complexity index is 1160. The lowest BCUT2D eigenvalue weighted by molar-refractivity contribution is 0.847. The molecule has 4 aromatic carbocycles. The molecular formula is C34H32N2S2. The maximum Gasteiger partial charge on any atom is 0.0434 e. The first kappa shape index (κ1) is 25.2. The maximum absolute atomic E-state index is 5.00. The van der Waals surface area contributed by atoms with Crippen LogP contribution in [0, 0.1) is 0 Å². The first-order chi connectivity index (χ1) is 18.8. The van der Waals surface area contributed by atoms with E-state index in [4.69, 9.17) is 10.2 Å². The van der Waals surface area contributed by atoms with Gasteiger partial charge in [-0.25, -0.2) is 0 Å². The van der Waals surface area contributed by atoms with Crippen molar-refractivity contribution in [3.05, 3.63) is 144 Å². The average molecular weight is 533 g/mol. The van der Waals surface area contributed by atoms with Crippen LogP contribution < -0.4 is 0 Å². The van der Waals surface area contributed by atoms with Crippen LogP contribution >= 0.6 is 23.5 Å². The Labute approximate surface area is 234 Å². The van der Waals surface area contributed by atoms with Crippen molar-refractivity contribution in [2.45, 2.75) is 46.7 Å². The minimum Gasteiger partial charge on any atom is -0.160 e. The SMILES string of the molecule is c1ccc([C@@H]2CC(=NN=C3C[C@@H](c4ccccc4)S[C@@H](c4ccccc4)C3)C[C@H](c3ccccc3)S2)cc1. The van der Waals surface area contributed by atoms with E-state index in [9.17, 15) is 0 Å². The number of thioether (sulfide) groups is 2. The quantitative estimate of drug-likeness (QED) is 0.239. The fourth-order valence-corrected chi connectivity index (χ4v) is 8.58. The van der Waals surface area contributed by atoms with Crippen LogP contribution in [0.15, 0.2) is 132 Å². The van der Waals surface area contributed by atoms with Crippen LogP contribution in [0.4, 0.5) is 0 Å². The predicted octanol–water partition coefficient (Wildman–Crippen LogP) is 9.80. The Balaban J connectivity index is 1.29. The van der Waals surface area contributed by atoms with Crippen molar-refractivity contribution in [3.63, 3.8) is 0 Å². The first-order valence-electron chi connectivity index (χ1n) is 13.4. The summed E-state index contributed by atoms with van der Waals surface area (Å²) in [6, 6.07) is 43.6. The molecule has 190 valence electrons. The molecule has 0 aliphatic carbocycles. The summed E-state index contributed by atoms with van der Waals surface area (Å²) in [6.07, 6.45) is 3.81. The second-order valence-electron chi connectivity index (χ2n) is 10.0. The first-order valence-corrected chi connectivity index (χ1v) is 15.3. The van der Waals surface area contributed by atoms with E-state index in [0.29, 0.717) is 21.0 Å². The molecule has 2 aliphatic rings. The molecule has 0 amide bonds. The van der Waals surface area contributed by atoms with Crippen LogP contribution in [0.3, 0.4) is 0 Å². The number of rotatable bonds is 5. The number of nitrogens with zero attached hydrogens (tertiary/aromatic N) is 2. The molecule has 38 heavy (non-hydrogen) atoms. The fourth-order valence-electron chi connectivity index (χ4n) is 5.37. The number of benzene rings is 4. The zero-order valence-corrected chi connectivity index (χ0v) is 23.0. The Morgan fingerprint density at radius 3 is 0.842 bits per heavy atom. The molecule has 0 radical (unpaired) electrons. The van der Waals surface area contributed by atoms with E-state index in [1.165, 1.54) is 33.7 Å². The van der Waals surface area contributed by atoms with Gasteiger partial charge >= 0.3 is 0 Å². The molecule has 4 heteroatoms. The van der Waals surface area contributed by atoms with Gasteiger partial charge in [-0.3, -0.25) is 0 Å². The van der Waals surface area contributed by atoms with Crippen LogP contribution in [0.5, 0.6) is 0 Å². The molecule has 2 saturated heterocycles. The van der Waals surface area contributed by atoms with E-state index in [2.05, 4.69) is 145 Å². The predicted molar refractivity (Wildman–Crippen MR) is 165 cm³/mol. The molecule has 4 atom stereocenters. The summed E-state index contributed by atoms with van der Waals surface area (Å²) in [5.41, 5.74) is 7.93. The van der Waals surface area contributed by atoms with Crippen molar-refractivity contribution in [1.82, 2.24) is 0 Å². The molecule has 0 N–H and O–H groups in total. The average Bonchev–Trinajstić information content (AvgIpc) is 3.01. The van der Waals surface area contributed by atoms with Gasteiger partial charge in [-0.2, -0.15) is 10.2 Å². The molecule has 2 heterocycles. The van der Waals surface area contributed by atoms with Crippen LogP contribution in [0.2, 0.25) is 0 Å². The van der Waals surface area contributed by atoms with E-state index in [0.717, 1.165) is 25.7 Å². The topological polar surface area (TPSA) is 24.7 Å². The Morgan fingerprint density at radius 2 is 0.605 bits per heavy atom. The third-order valence-corrected chi connectivity index (χ3v) is 10.4. The maximum atomic E-state index is 5.00. The monoisotopic (exact) mass is 532 g/mol. The molecule has 2 fully saturated rings. The molecule has 0 unspecified atom stereocenters. The molecule has 6 rings (SSSR count). The molecular weight excluding hydrogens is 501 g/mol. The minimum absolute atomic E-state index is 0.394. The van der Waals surface area contributed by atoms with Crippen LogP contribution in [0.25, 0.3) is 0 Å². The highest BCUT2D eigenvalue weighted by molar-refractivity contribution is 8.00. The lowest BCUT2D eigenvalue weighted by Gasteiger charge is -2.31. The molecule has 2 aliphatic heterocycles. The van der Waals surface area contributed by atoms with Crippen molar-refractivity contribution in [1.29, 1.82) is 0 Å². The Morgan fingerprint density at radius 1 is 0.368 bits per heavy atom. The highest BCUT2D eigenvalue weighted by Gasteiger charge is 2.31. The molecule has 0 spiro atoms. The number of hydrogen-bond donors (Lipinski definition) is 0. The third-order valence-electron chi connectivity index (χ3n) is 7.36. The Kier molecular flexibility index (Phi) is 8.09. The number of hydrogen-bond acceptors (Lipinski definition) is 4. The van der Waals surface area contributed by atoms with Crippen LogP contribution in [0.1, 0.15) is 68.9 Å². The normalized spacial score (nSPS) is 25.9. The van der Waals surface area contributed by atoms with Crippen molar-refractivity contribution in [2.75, 3.05) is 0 Å². The summed E-state index contributed by atoms with van der Waals surface area (Å²) in [7, 11) is 0. The van der Waals surface area contributed by atoms with Crippen molar-refractivity contribution >= 4 is 34.9 Å². The zero-order chi connectivity index (χ0) is 25.6. The second kappa shape index (κ2) is 12.2. The third kappa shape index (κ3) is 6.14. The van der Waals surface area contributed by atoms with E-state index in [1.807, 2.05) is 0 Å². The zero-order valence-electron chi connectivity index (χ0n) is 21.4. The van der Waals surface area contributed by atoms with Gasteiger partial charge in [0.2, 0.25) is 0 Å². The van der Waals surface area contributed by atoms with Gasteiger partial charge in [0.25, 0.3) is 0 Å². The van der Waals surface area contributed by atoms with Gasteiger partial charge in [0.05, 0.1) is 0 Å².